The molecule has 0 aromatic carbocycles. The molecule has 0 spiro atoms. The first-order valence-corrected chi connectivity index (χ1v) is 4.47. The summed E-state index contributed by atoms with van der Waals surface area (Å²) >= 11 is 0. The Labute approximate surface area is 69.2 Å². The molecular weight excluding hydrogens is 140 g/mol. The zero-order valence-corrected chi connectivity index (χ0v) is 7.75. The number of aliphatic hydroxyl groups excluding tert-OH is 2. The molecule has 68 valence electrons. The minimum absolute atomic E-state index is 0.218. The van der Waals surface area contributed by atoms with E-state index >= 15 is 0 Å². The topological polar surface area (TPSA) is 40.5 Å². The van der Waals surface area contributed by atoms with Gasteiger partial charge in [-0.15, -0.1) is 0 Å². The first kappa shape index (κ1) is 10.9. The van der Waals surface area contributed by atoms with Crippen molar-refractivity contribution < 1.29 is 10.2 Å². The molecule has 0 aromatic heterocycles. The van der Waals surface area contributed by atoms with Gasteiger partial charge in [0, 0.05) is 0 Å². The molecule has 0 saturated heterocycles. The van der Waals surface area contributed by atoms with Crippen LogP contribution >= 0.6 is 0 Å². The second kappa shape index (κ2) is 5.56. The van der Waals surface area contributed by atoms with E-state index in [1.54, 1.807) is 0 Å². The molecule has 0 aromatic rings. The molecule has 0 radical (unpaired) electrons. The molecule has 0 amide bonds. The minimum Gasteiger partial charge on any atom is -0.393 e. The molecule has 0 heterocycles. The van der Waals surface area contributed by atoms with E-state index in [0.717, 1.165) is 12.8 Å². The molecule has 0 aliphatic rings. The van der Waals surface area contributed by atoms with Crippen LogP contribution < -0.4 is 0 Å². The first-order valence-electron chi connectivity index (χ1n) is 4.47. The van der Waals surface area contributed by atoms with Crippen LogP contribution in [0.1, 0.15) is 40.0 Å². The summed E-state index contributed by atoms with van der Waals surface area (Å²) < 4.78 is 0. The van der Waals surface area contributed by atoms with Gasteiger partial charge in [-0.1, -0.05) is 20.8 Å². The van der Waals surface area contributed by atoms with Crippen LogP contribution in [-0.2, 0) is 0 Å². The van der Waals surface area contributed by atoms with E-state index in [0.29, 0.717) is 6.42 Å². The number of hydrogen-bond acceptors (Lipinski definition) is 2. The fourth-order valence-corrected chi connectivity index (χ4v) is 1.16. The Morgan fingerprint density at radius 2 is 1.64 bits per heavy atom. The van der Waals surface area contributed by atoms with Gasteiger partial charge in [0.1, 0.15) is 0 Å². The summed E-state index contributed by atoms with van der Waals surface area (Å²) in [6.45, 7) is 5.89. The van der Waals surface area contributed by atoms with Gasteiger partial charge < -0.3 is 10.2 Å². The lowest BCUT2D eigenvalue weighted by Gasteiger charge is -2.19. The van der Waals surface area contributed by atoms with Crippen molar-refractivity contribution in [2.45, 2.75) is 52.2 Å². The summed E-state index contributed by atoms with van der Waals surface area (Å²) in [5, 5.41) is 18.6. The highest BCUT2D eigenvalue weighted by molar-refractivity contribution is 4.66. The van der Waals surface area contributed by atoms with Crippen molar-refractivity contribution in [1.82, 2.24) is 0 Å². The smallest absolute Gasteiger partial charge is 0.0564 e. The van der Waals surface area contributed by atoms with Crippen molar-refractivity contribution in [3.05, 3.63) is 0 Å². The van der Waals surface area contributed by atoms with Crippen LogP contribution in [0.25, 0.3) is 0 Å². The standard InChI is InChI=1S/C9H20O2/c1-4-8(10)6-7(3)9(11)5-2/h7-11H,4-6H2,1-3H3. The molecule has 0 aliphatic heterocycles. The lowest BCUT2D eigenvalue weighted by molar-refractivity contribution is 0.0657. The van der Waals surface area contributed by atoms with E-state index in [9.17, 15) is 10.2 Å². The Hall–Kier alpha value is -0.0800. The summed E-state index contributed by atoms with van der Waals surface area (Å²) in [5.41, 5.74) is 0. The molecule has 2 heteroatoms. The van der Waals surface area contributed by atoms with E-state index in [1.165, 1.54) is 0 Å². The van der Waals surface area contributed by atoms with Crippen LogP contribution in [-0.4, -0.2) is 22.4 Å². The fourth-order valence-electron chi connectivity index (χ4n) is 1.16. The van der Waals surface area contributed by atoms with Crippen molar-refractivity contribution in [3.63, 3.8) is 0 Å². The molecule has 0 aliphatic carbocycles. The lowest BCUT2D eigenvalue weighted by atomic mass is 9.95. The predicted molar refractivity (Wildman–Crippen MR) is 46.4 cm³/mol. The maximum atomic E-state index is 9.36. The van der Waals surface area contributed by atoms with E-state index < -0.39 is 0 Å². The van der Waals surface area contributed by atoms with Crippen molar-refractivity contribution in [1.29, 1.82) is 0 Å². The van der Waals surface area contributed by atoms with Crippen LogP contribution in [0.3, 0.4) is 0 Å². The third-order valence-corrected chi connectivity index (χ3v) is 2.19. The summed E-state index contributed by atoms with van der Waals surface area (Å²) in [7, 11) is 0. The summed E-state index contributed by atoms with van der Waals surface area (Å²) in [4.78, 5) is 0. The number of aliphatic hydroxyl groups is 2. The van der Waals surface area contributed by atoms with Crippen LogP contribution in [0.15, 0.2) is 0 Å². The van der Waals surface area contributed by atoms with Crippen molar-refractivity contribution in [3.8, 4) is 0 Å². The van der Waals surface area contributed by atoms with Crippen molar-refractivity contribution >= 4 is 0 Å². The van der Waals surface area contributed by atoms with E-state index in [4.69, 9.17) is 0 Å². The van der Waals surface area contributed by atoms with Crippen LogP contribution in [0.4, 0.5) is 0 Å². The van der Waals surface area contributed by atoms with Gasteiger partial charge in [-0.25, -0.2) is 0 Å². The van der Waals surface area contributed by atoms with E-state index in [2.05, 4.69) is 0 Å². The quantitative estimate of drug-likeness (QED) is 0.640. The largest absolute Gasteiger partial charge is 0.393 e. The highest BCUT2D eigenvalue weighted by Crippen LogP contribution is 2.14. The second-order valence-corrected chi connectivity index (χ2v) is 3.25. The second-order valence-electron chi connectivity index (χ2n) is 3.25. The zero-order valence-electron chi connectivity index (χ0n) is 7.75. The summed E-state index contributed by atoms with van der Waals surface area (Å²) in [6, 6.07) is 0. The molecule has 3 unspecified atom stereocenters. The molecule has 0 bridgehead atoms. The molecule has 0 saturated carbocycles. The molecular formula is C9H20O2. The van der Waals surface area contributed by atoms with Crippen molar-refractivity contribution in [2.24, 2.45) is 5.92 Å². The Bertz CT molecular complexity index is 93.6. The van der Waals surface area contributed by atoms with E-state index in [-0.39, 0.29) is 18.1 Å². The Kier molecular flexibility index (Phi) is 5.51. The molecule has 0 rings (SSSR count). The van der Waals surface area contributed by atoms with Crippen LogP contribution in [0.5, 0.6) is 0 Å². The van der Waals surface area contributed by atoms with Gasteiger partial charge >= 0.3 is 0 Å². The molecule has 11 heavy (non-hydrogen) atoms. The molecule has 3 atom stereocenters. The molecule has 2 N–H and O–H groups in total. The third-order valence-electron chi connectivity index (χ3n) is 2.19. The van der Waals surface area contributed by atoms with Crippen LogP contribution in [0, 0.1) is 5.92 Å². The average Bonchev–Trinajstić information content (AvgIpc) is 2.02. The molecule has 2 nitrogen and oxygen atoms in total. The Morgan fingerprint density at radius 3 is 2.00 bits per heavy atom. The number of hydrogen-bond donors (Lipinski definition) is 2. The van der Waals surface area contributed by atoms with Gasteiger partial charge in [0.25, 0.3) is 0 Å². The predicted octanol–water partition coefficient (Wildman–Crippen LogP) is 1.55. The van der Waals surface area contributed by atoms with Crippen molar-refractivity contribution in [2.75, 3.05) is 0 Å². The normalized spacial score (nSPS) is 19.4. The average molecular weight is 160 g/mol. The fraction of sp³-hybridized carbons (Fsp3) is 1.00. The molecule has 0 fully saturated rings. The van der Waals surface area contributed by atoms with Gasteiger partial charge in [-0.2, -0.15) is 0 Å². The van der Waals surface area contributed by atoms with Gasteiger partial charge in [0.15, 0.2) is 0 Å². The lowest BCUT2D eigenvalue weighted by Crippen LogP contribution is -2.21. The number of rotatable bonds is 5. The highest BCUT2D eigenvalue weighted by Gasteiger charge is 2.14. The maximum absolute atomic E-state index is 9.36. The highest BCUT2D eigenvalue weighted by atomic mass is 16.3. The summed E-state index contributed by atoms with van der Waals surface area (Å²) in [5.74, 6) is 0.218. The van der Waals surface area contributed by atoms with Gasteiger partial charge in [-0.05, 0) is 25.2 Å². The minimum atomic E-state index is -0.254. The van der Waals surface area contributed by atoms with Gasteiger partial charge in [-0.3, -0.25) is 0 Å². The summed E-state index contributed by atoms with van der Waals surface area (Å²) in [6.07, 6.45) is 1.77. The first-order chi connectivity index (χ1) is 5.11. The Balaban J connectivity index is 3.58. The Morgan fingerprint density at radius 1 is 1.09 bits per heavy atom. The monoisotopic (exact) mass is 160 g/mol. The SMILES string of the molecule is CCC(O)CC(C)C(O)CC. The van der Waals surface area contributed by atoms with Gasteiger partial charge in [0.2, 0.25) is 0 Å². The van der Waals surface area contributed by atoms with Gasteiger partial charge in [0.05, 0.1) is 12.2 Å². The third kappa shape index (κ3) is 4.38. The zero-order chi connectivity index (χ0) is 8.85. The van der Waals surface area contributed by atoms with E-state index in [1.807, 2.05) is 20.8 Å². The van der Waals surface area contributed by atoms with Crippen LogP contribution in [0.2, 0.25) is 0 Å². The maximum Gasteiger partial charge on any atom is 0.0564 e.